The number of carbonyl (C=O) groups excluding carboxylic acids is 2. The highest BCUT2D eigenvalue weighted by molar-refractivity contribution is 7.92. The van der Waals surface area contributed by atoms with Gasteiger partial charge >= 0.3 is 0 Å². The van der Waals surface area contributed by atoms with Crippen molar-refractivity contribution in [3.8, 4) is 5.75 Å². The standard InChI is InChI=1S/C30H34Cl2FN3O5S/c1-5-20(3)34-30(38)21(4)35(18-26-27(31)8-7-9-28(26)32)29(37)19-36(23-12-10-22(33)11-13-23)42(39,40)25-16-14-24(15-17-25)41-6-2/h7-17,20-21H,5-6,18-19H2,1-4H3,(H,34,38). The molecular weight excluding hydrogens is 604 g/mol. The molecule has 0 aliphatic carbocycles. The summed E-state index contributed by atoms with van der Waals surface area (Å²) < 4.78 is 47.9. The number of hydrogen-bond donors (Lipinski definition) is 1. The van der Waals surface area contributed by atoms with Crippen LogP contribution in [0.15, 0.2) is 71.6 Å². The number of amides is 2. The number of ether oxygens (including phenoxy) is 1. The molecule has 0 heterocycles. The van der Waals surface area contributed by atoms with Crippen LogP contribution in [0, 0.1) is 5.82 Å². The molecule has 0 saturated carbocycles. The summed E-state index contributed by atoms with van der Waals surface area (Å²) in [6.45, 7) is 6.64. The smallest absolute Gasteiger partial charge is 0.264 e. The maximum absolute atomic E-state index is 14.0. The zero-order chi connectivity index (χ0) is 31.0. The molecular formula is C30H34Cl2FN3O5S. The number of nitrogens with one attached hydrogen (secondary N) is 1. The summed E-state index contributed by atoms with van der Waals surface area (Å²) in [5, 5.41) is 3.43. The first kappa shape index (κ1) is 33.2. The maximum Gasteiger partial charge on any atom is 0.264 e. The van der Waals surface area contributed by atoms with Crippen molar-refractivity contribution in [3.05, 3.63) is 88.2 Å². The normalized spacial score (nSPS) is 12.7. The van der Waals surface area contributed by atoms with Crippen molar-refractivity contribution in [3.63, 3.8) is 0 Å². The van der Waals surface area contributed by atoms with Gasteiger partial charge in [-0.3, -0.25) is 13.9 Å². The van der Waals surface area contributed by atoms with Crippen molar-refractivity contribution in [2.24, 2.45) is 0 Å². The SMILES string of the molecule is CCOc1ccc(S(=O)(=O)N(CC(=O)N(Cc2c(Cl)cccc2Cl)C(C)C(=O)NC(C)CC)c2ccc(F)cc2)cc1. The van der Waals surface area contributed by atoms with E-state index < -0.39 is 40.2 Å². The fraction of sp³-hybridized carbons (Fsp3) is 0.333. The van der Waals surface area contributed by atoms with Gasteiger partial charge in [0.25, 0.3) is 10.0 Å². The van der Waals surface area contributed by atoms with Crippen molar-refractivity contribution < 1.29 is 27.1 Å². The number of halogens is 3. The average Bonchev–Trinajstić information content (AvgIpc) is 2.96. The van der Waals surface area contributed by atoms with E-state index in [-0.39, 0.29) is 33.2 Å². The van der Waals surface area contributed by atoms with Gasteiger partial charge in [0.1, 0.15) is 24.2 Å². The molecule has 8 nitrogen and oxygen atoms in total. The van der Waals surface area contributed by atoms with E-state index in [0.717, 1.165) is 16.4 Å². The van der Waals surface area contributed by atoms with Gasteiger partial charge in [-0.25, -0.2) is 12.8 Å². The van der Waals surface area contributed by atoms with E-state index >= 15 is 0 Å². The molecule has 2 unspecified atom stereocenters. The van der Waals surface area contributed by atoms with Crippen LogP contribution in [-0.2, 0) is 26.2 Å². The largest absolute Gasteiger partial charge is 0.494 e. The molecule has 0 spiro atoms. The Hall–Kier alpha value is -3.34. The lowest BCUT2D eigenvalue weighted by molar-refractivity contribution is -0.139. The van der Waals surface area contributed by atoms with E-state index in [2.05, 4.69) is 5.32 Å². The molecule has 2 amide bonds. The predicted molar refractivity (Wildman–Crippen MR) is 163 cm³/mol. The van der Waals surface area contributed by atoms with Crippen LogP contribution in [-0.4, -0.2) is 50.4 Å². The Morgan fingerprint density at radius 2 is 1.55 bits per heavy atom. The van der Waals surface area contributed by atoms with E-state index in [1.807, 2.05) is 13.8 Å². The molecule has 0 bridgehead atoms. The number of anilines is 1. The van der Waals surface area contributed by atoms with Crippen LogP contribution in [0.4, 0.5) is 10.1 Å². The highest BCUT2D eigenvalue weighted by Crippen LogP contribution is 2.29. The van der Waals surface area contributed by atoms with Crippen LogP contribution in [0.2, 0.25) is 10.0 Å². The summed E-state index contributed by atoms with van der Waals surface area (Å²) in [5.41, 5.74) is 0.464. The Morgan fingerprint density at radius 3 is 2.10 bits per heavy atom. The average molecular weight is 639 g/mol. The van der Waals surface area contributed by atoms with Gasteiger partial charge in [0.2, 0.25) is 11.8 Å². The summed E-state index contributed by atoms with van der Waals surface area (Å²) >= 11 is 12.8. The molecule has 0 saturated heterocycles. The molecule has 226 valence electrons. The number of nitrogens with zero attached hydrogens (tertiary/aromatic N) is 2. The minimum absolute atomic E-state index is 0.0612. The van der Waals surface area contributed by atoms with Gasteiger partial charge in [-0.05, 0) is 87.9 Å². The summed E-state index contributed by atoms with van der Waals surface area (Å²) in [5.74, 6) is -1.22. The zero-order valence-electron chi connectivity index (χ0n) is 23.8. The van der Waals surface area contributed by atoms with E-state index in [1.54, 1.807) is 32.0 Å². The van der Waals surface area contributed by atoms with E-state index in [0.29, 0.717) is 24.3 Å². The lowest BCUT2D eigenvalue weighted by atomic mass is 10.1. The summed E-state index contributed by atoms with van der Waals surface area (Å²) in [6.07, 6.45) is 0.668. The second-order valence-electron chi connectivity index (χ2n) is 9.61. The van der Waals surface area contributed by atoms with Crippen LogP contribution in [0.3, 0.4) is 0 Å². The van der Waals surface area contributed by atoms with Gasteiger partial charge in [0, 0.05) is 28.2 Å². The monoisotopic (exact) mass is 637 g/mol. The third-order valence-electron chi connectivity index (χ3n) is 6.67. The molecule has 3 aromatic carbocycles. The molecule has 0 aliphatic heterocycles. The van der Waals surface area contributed by atoms with Crippen LogP contribution in [0.25, 0.3) is 0 Å². The highest BCUT2D eigenvalue weighted by Gasteiger charge is 2.33. The second kappa shape index (κ2) is 14.7. The first-order valence-electron chi connectivity index (χ1n) is 13.4. The van der Waals surface area contributed by atoms with Gasteiger partial charge in [0.05, 0.1) is 17.2 Å². The summed E-state index contributed by atoms with van der Waals surface area (Å²) in [7, 11) is -4.33. The predicted octanol–water partition coefficient (Wildman–Crippen LogP) is 6.06. The molecule has 1 N–H and O–H groups in total. The van der Waals surface area contributed by atoms with Gasteiger partial charge in [-0.1, -0.05) is 36.2 Å². The Balaban J connectivity index is 2.05. The molecule has 12 heteroatoms. The number of carbonyl (C=O) groups is 2. The maximum atomic E-state index is 14.0. The number of benzene rings is 3. The van der Waals surface area contributed by atoms with Crippen molar-refractivity contribution in [1.29, 1.82) is 0 Å². The lowest BCUT2D eigenvalue weighted by Crippen LogP contribution is -2.52. The van der Waals surface area contributed by atoms with E-state index in [9.17, 15) is 22.4 Å². The summed E-state index contributed by atoms with van der Waals surface area (Å²) in [6, 6.07) is 14.2. The molecule has 0 aromatic heterocycles. The van der Waals surface area contributed by atoms with Crippen LogP contribution < -0.4 is 14.4 Å². The molecule has 3 aromatic rings. The number of rotatable bonds is 13. The van der Waals surface area contributed by atoms with Crippen LogP contribution in [0.1, 0.15) is 39.7 Å². The quantitative estimate of drug-likeness (QED) is 0.246. The van der Waals surface area contributed by atoms with E-state index in [4.69, 9.17) is 27.9 Å². The highest BCUT2D eigenvalue weighted by atomic mass is 35.5. The van der Waals surface area contributed by atoms with Crippen LogP contribution in [0.5, 0.6) is 5.75 Å². The van der Waals surface area contributed by atoms with Crippen molar-refractivity contribution in [2.75, 3.05) is 17.5 Å². The van der Waals surface area contributed by atoms with Crippen molar-refractivity contribution >= 4 is 50.7 Å². The fourth-order valence-corrected chi connectivity index (χ4v) is 5.97. The molecule has 0 aliphatic rings. The Morgan fingerprint density at radius 1 is 0.952 bits per heavy atom. The molecule has 0 radical (unpaired) electrons. The number of hydrogen-bond acceptors (Lipinski definition) is 5. The third kappa shape index (κ3) is 8.14. The van der Waals surface area contributed by atoms with E-state index in [1.165, 1.54) is 41.3 Å². The van der Waals surface area contributed by atoms with Crippen LogP contribution >= 0.6 is 23.2 Å². The molecule has 0 fully saturated rings. The van der Waals surface area contributed by atoms with Gasteiger partial charge in [0.15, 0.2) is 0 Å². The molecule has 2 atom stereocenters. The minimum atomic E-state index is -4.33. The third-order valence-corrected chi connectivity index (χ3v) is 9.17. The van der Waals surface area contributed by atoms with Gasteiger partial charge in [-0.2, -0.15) is 0 Å². The molecule has 3 rings (SSSR count). The second-order valence-corrected chi connectivity index (χ2v) is 12.3. The lowest BCUT2D eigenvalue weighted by Gasteiger charge is -2.32. The molecule has 42 heavy (non-hydrogen) atoms. The van der Waals surface area contributed by atoms with Gasteiger partial charge in [-0.15, -0.1) is 0 Å². The first-order chi connectivity index (χ1) is 19.9. The van der Waals surface area contributed by atoms with Crippen molar-refractivity contribution in [2.45, 2.75) is 57.6 Å². The van der Waals surface area contributed by atoms with Gasteiger partial charge < -0.3 is 15.0 Å². The van der Waals surface area contributed by atoms with Crippen molar-refractivity contribution in [1.82, 2.24) is 10.2 Å². The topological polar surface area (TPSA) is 96.0 Å². The fourth-order valence-electron chi connectivity index (χ4n) is 4.04. The minimum Gasteiger partial charge on any atom is -0.494 e. The number of sulfonamides is 1. The Bertz CT molecular complexity index is 1470. The summed E-state index contributed by atoms with van der Waals surface area (Å²) in [4.78, 5) is 28.3. The Labute approximate surface area is 256 Å². The first-order valence-corrected chi connectivity index (χ1v) is 15.6. The Kier molecular flexibility index (Phi) is 11.6. The zero-order valence-corrected chi connectivity index (χ0v) is 26.1.